The van der Waals surface area contributed by atoms with Gasteiger partial charge in [-0.25, -0.2) is 0 Å². The molecule has 0 aliphatic carbocycles. The van der Waals surface area contributed by atoms with E-state index in [1.807, 2.05) is 51.3 Å². The number of hydrogen-bond acceptors (Lipinski definition) is 4. The molecule has 1 unspecified atom stereocenters. The van der Waals surface area contributed by atoms with E-state index in [2.05, 4.69) is 5.32 Å². The number of amides is 1. The van der Waals surface area contributed by atoms with Gasteiger partial charge >= 0.3 is 5.97 Å². The number of thioether (sulfide) groups is 1. The topological polar surface area (TPSA) is 55.4 Å². The zero-order valence-electron chi connectivity index (χ0n) is 13.2. The number of ether oxygens (including phenoxy) is 1. The molecule has 1 N–H and O–H groups in total. The van der Waals surface area contributed by atoms with Crippen LogP contribution in [0.5, 0.6) is 0 Å². The number of rotatable bonds is 5. The van der Waals surface area contributed by atoms with Crippen molar-refractivity contribution in [2.45, 2.75) is 32.6 Å². The van der Waals surface area contributed by atoms with Gasteiger partial charge in [-0.3, -0.25) is 9.59 Å². The monoisotopic (exact) mass is 309 g/mol. The van der Waals surface area contributed by atoms with Crippen LogP contribution in [0.15, 0.2) is 29.2 Å². The lowest BCUT2D eigenvalue weighted by Crippen LogP contribution is -2.40. The Hall–Kier alpha value is -1.49. The summed E-state index contributed by atoms with van der Waals surface area (Å²) in [5, 5.41) is 2.79. The summed E-state index contributed by atoms with van der Waals surface area (Å²) in [5.41, 5.74) is 0.173. The minimum Gasteiger partial charge on any atom is -0.465 e. The lowest BCUT2D eigenvalue weighted by molar-refractivity contribution is -0.155. The van der Waals surface area contributed by atoms with Crippen molar-refractivity contribution in [1.29, 1.82) is 0 Å². The molecule has 1 rings (SSSR count). The quantitative estimate of drug-likeness (QED) is 0.513. The smallest absolute Gasteiger partial charge is 0.319 e. The Kier molecular flexibility index (Phi) is 6.27. The van der Waals surface area contributed by atoms with Gasteiger partial charge in [0.15, 0.2) is 0 Å². The lowest BCUT2D eigenvalue weighted by atomic mass is 9.80. The van der Waals surface area contributed by atoms with Crippen molar-refractivity contribution < 1.29 is 14.3 Å². The van der Waals surface area contributed by atoms with Gasteiger partial charge in [-0.05, 0) is 42.9 Å². The Balaban J connectivity index is 2.87. The molecule has 1 aromatic carbocycles. The summed E-state index contributed by atoms with van der Waals surface area (Å²) in [6, 6.07) is 7.51. The van der Waals surface area contributed by atoms with Crippen molar-refractivity contribution in [3.8, 4) is 0 Å². The van der Waals surface area contributed by atoms with E-state index in [1.165, 1.54) is 0 Å². The fraction of sp³-hybridized carbons (Fsp3) is 0.500. The zero-order chi connectivity index (χ0) is 16.0. The van der Waals surface area contributed by atoms with Gasteiger partial charge in [-0.2, -0.15) is 0 Å². The molecule has 0 heterocycles. The van der Waals surface area contributed by atoms with Crippen molar-refractivity contribution >= 4 is 29.3 Å². The molecule has 1 amide bonds. The lowest BCUT2D eigenvalue weighted by Gasteiger charge is -2.27. The first-order chi connectivity index (χ1) is 9.79. The number of anilines is 1. The maximum absolute atomic E-state index is 12.4. The first-order valence-electron chi connectivity index (χ1n) is 6.91. The molecule has 0 radical (unpaired) electrons. The van der Waals surface area contributed by atoms with E-state index in [-0.39, 0.29) is 12.5 Å². The molecule has 0 bridgehead atoms. The molecular formula is C16H23NO3S. The van der Waals surface area contributed by atoms with E-state index in [9.17, 15) is 9.59 Å². The van der Waals surface area contributed by atoms with Crippen LogP contribution in [0.1, 0.15) is 27.7 Å². The molecule has 4 nitrogen and oxygen atoms in total. The normalized spacial score (nSPS) is 12.6. The molecule has 0 spiro atoms. The third-order valence-electron chi connectivity index (χ3n) is 3.01. The van der Waals surface area contributed by atoms with Gasteiger partial charge in [0.25, 0.3) is 0 Å². The molecular weight excluding hydrogens is 286 g/mol. The van der Waals surface area contributed by atoms with Gasteiger partial charge in [-0.15, -0.1) is 11.8 Å². The van der Waals surface area contributed by atoms with Crippen LogP contribution in [0, 0.1) is 11.3 Å². The number of benzene rings is 1. The fourth-order valence-corrected chi connectivity index (χ4v) is 2.38. The highest BCUT2D eigenvalue weighted by Crippen LogP contribution is 2.28. The van der Waals surface area contributed by atoms with Crippen LogP contribution in [-0.4, -0.2) is 24.7 Å². The molecule has 0 aromatic heterocycles. The predicted octanol–water partition coefficient (Wildman–Crippen LogP) is 3.57. The predicted molar refractivity (Wildman–Crippen MR) is 86.4 cm³/mol. The molecule has 5 heteroatoms. The third kappa shape index (κ3) is 5.08. The number of hydrogen-bond donors (Lipinski definition) is 1. The van der Waals surface area contributed by atoms with E-state index in [0.717, 1.165) is 4.90 Å². The maximum atomic E-state index is 12.4. The molecule has 1 atom stereocenters. The van der Waals surface area contributed by atoms with Crippen LogP contribution < -0.4 is 5.32 Å². The number of carbonyl (C=O) groups is 2. The van der Waals surface area contributed by atoms with Gasteiger partial charge in [-0.1, -0.05) is 20.8 Å². The van der Waals surface area contributed by atoms with Crippen LogP contribution in [0.2, 0.25) is 0 Å². The molecule has 21 heavy (non-hydrogen) atoms. The van der Waals surface area contributed by atoms with Gasteiger partial charge < -0.3 is 10.1 Å². The highest BCUT2D eigenvalue weighted by atomic mass is 32.2. The summed E-state index contributed by atoms with van der Waals surface area (Å²) < 4.78 is 5.02. The standard InChI is InChI=1S/C16H23NO3S/c1-6-20-15(19)13(16(2,3)4)14(18)17-11-7-9-12(21-5)10-8-11/h7-10,13H,6H2,1-5H3,(H,17,18). The number of carbonyl (C=O) groups excluding carboxylic acids is 2. The Morgan fingerprint density at radius 3 is 2.24 bits per heavy atom. The van der Waals surface area contributed by atoms with Crippen molar-refractivity contribution in [2.24, 2.45) is 11.3 Å². The number of esters is 1. The summed E-state index contributed by atoms with van der Waals surface area (Å²) in [4.78, 5) is 25.6. The van der Waals surface area contributed by atoms with Gasteiger partial charge in [0.1, 0.15) is 5.92 Å². The molecule has 116 valence electrons. The second-order valence-corrected chi connectivity index (χ2v) is 6.65. The van der Waals surface area contributed by atoms with Crippen molar-refractivity contribution in [3.63, 3.8) is 0 Å². The van der Waals surface area contributed by atoms with E-state index >= 15 is 0 Å². The molecule has 0 aliphatic heterocycles. The van der Waals surface area contributed by atoms with Crippen LogP contribution in [-0.2, 0) is 14.3 Å². The minimum atomic E-state index is -0.835. The Morgan fingerprint density at radius 1 is 1.24 bits per heavy atom. The largest absolute Gasteiger partial charge is 0.465 e. The summed E-state index contributed by atoms with van der Waals surface area (Å²) >= 11 is 1.63. The van der Waals surface area contributed by atoms with Crippen LogP contribution in [0.3, 0.4) is 0 Å². The first-order valence-corrected chi connectivity index (χ1v) is 8.13. The van der Waals surface area contributed by atoms with Crippen molar-refractivity contribution in [3.05, 3.63) is 24.3 Å². The summed E-state index contributed by atoms with van der Waals surface area (Å²) in [6.07, 6.45) is 1.99. The second kappa shape index (κ2) is 7.50. The summed E-state index contributed by atoms with van der Waals surface area (Å²) in [7, 11) is 0. The molecule has 0 saturated carbocycles. The second-order valence-electron chi connectivity index (χ2n) is 5.77. The van der Waals surface area contributed by atoms with E-state index in [4.69, 9.17) is 4.74 Å². The molecule has 0 saturated heterocycles. The maximum Gasteiger partial charge on any atom is 0.319 e. The zero-order valence-corrected chi connectivity index (χ0v) is 14.0. The van der Waals surface area contributed by atoms with Gasteiger partial charge in [0.05, 0.1) is 6.61 Å². The van der Waals surface area contributed by atoms with Gasteiger partial charge in [0, 0.05) is 10.6 Å². The Labute approximate surface area is 130 Å². The van der Waals surface area contributed by atoms with Crippen molar-refractivity contribution in [2.75, 3.05) is 18.2 Å². The third-order valence-corrected chi connectivity index (χ3v) is 3.75. The van der Waals surface area contributed by atoms with Crippen LogP contribution in [0.25, 0.3) is 0 Å². The first kappa shape index (κ1) is 17.6. The number of nitrogens with one attached hydrogen (secondary N) is 1. The SMILES string of the molecule is CCOC(=O)C(C(=O)Nc1ccc(SC)cc1)C(C)(C)C. The highest BCUT2D eigenvalue weighted by Gasteiger charge is 2.38. The average Bonchev–Trinajstić information content (AvgIpc) is 2.38. The summed E-state index contributed by atoms with van der Waals surface area (Å²) in [6.45, 7) is 7.55. The molecule has 0 fully saturated rings. The minimum absolute atomic E-state index is 0.265. The highest BCUT2D eigenvalue weighted by molar-refractivity contribution is 7.98. The Morgan fingerprint density at radius 2 is 1.81 bits per heavy atom. The average molecular weight is 309 g/mol. The van der Waals surface area contributed by atoms with E-state index in [0.29, 0.717) is 5.69 Å². The fourth-order valence-electron chi connectivity index (χ4n) is 1.97. The molecule has 0 aliphatic rings. The Bertz CT molecular complexity index is 491. The molecule has 1 aromatic rings. The van der Waals surface area contributed by atoms with E-state index in [1.54, 1.807) is 18.7 Å². The van der Waals surface area contributed by atoms with Crippen LogP contribution in [0.4, 0.5) is 5.69 Å². The van der Waals surface area contributed by atoms with Crippen molar-refractivity contribution in [1.82, 2.24) is 0 Å². The van der Waals surface area contributed by atoms with Crippen LogP contribution >= 0.6 is 11.8 Å². The van der Waals surface area contributed by atoms with Gasteiger partial charge in [0.2, 0.25) is 5.91 Å². The summed E-state index contributed by atoms with van der Waals surface area (Å²) in [5.74, 6) is -1.65. The van der Waals surface area contributed by atoms with E-state index < -0.39 is 17.3 Å².